The molecule has 1 aliphatic carbocycles. The van der Waals surface area contributed by atoms with E-state index in [1.54, 1.807) is 7.11 Å². The van der Waals surface area contributed by atoms with E-state index in [2.05, 4.69) is 20.8 Å². The number of methoxy groups -OCH3 is 1. The van der Waals surface area contributed by atoms with Crippen LogP contribution in [0.2, 0.25) is 0 Å². The maximum atomic E-state index is 6.36. The average molecular weight is 263 g/mol. The van der Waals surface area contributed by atoms with Crippen LogP contribution in [0.3, 0.4) is 0 Å². The molecule has 0 radical (unpaired) electrons. The number of ether oxygens (including phenoxy) is 1. The average Bonchev–Trinajstić information content (AvgIpc) is 2.31. The highest BCUT2D eigenvalue weighted by molar-refractivity contribution is 6.20. The molecule has 2 N–H and O–H groups in total. The molecule has 0 aromatic heterocycles. The van der Waals surface area contributed by atoms with Crippen molar-refractivity contribution in [3.05, 3.63) is 0 Å². The summed E-state index contributed by atoms with van der Waals surface area (Å²) in [4.78, 5) is 0. The Kier molecular flexibility index (Phi) is 5.71. The molecule has 1 atom stereocenters. The lowest BCUT2D eigenvalue weighted by molar-refractivity contribution is -0.189. The molecule has 1 fully saturated rings. The van der Waals surface area contributed by atoms with Gasteiger partial charge in [0.1, 0.15) is 5.72 Å². The van der Waals surface area contributed by atoms with Gasteiger partial charge in [-0.25, -0.2) is 5.01 Å². The van der Waals surface area contributed by atoms with Crippen LogP contribution in [-0.4, -0.2) is 29.3 Å². The number of hydrogen-bond donors (Lipinski definition) is 1. The largest absolute Gasteiger partial charge is 0.362 e. The van der Waals surface area contributed by atoms with Crippen LogP contribution in [0.1, 0.15) is 52.9 Å². The van der Waals surface area contributed by atoms with Gasteiger partial charge < -0.3 is 4.74 Å². The summed E-state index contributed by atoms with van der Waals surface area (Å²) in [5, 5.41) is 2.29. The predicted octanol–water partition coefficient (Wildman–Crippen LogP) is 3.12. The van der Waals surface area contributed by atoms with Gasteiger partial charge in [-0.3, -0.25) is 5.84 Å². The molecule has 0 aromatic rings. The molecule has 0 amide bonds. The van der Waals surface area contributed by atoms with Gasteiger partial charge in [-0.15, -0.1) is 11.6 Å². The number of nitrogens with zero attached hydrogens (tertiary/aromatic N) is 1. The molecule has 0 bridgehead atoms. The summed E-state index contributed by atoms with van der Waals surface area (Å²) in [5.41, 5.74) is -0.343. The molecule has 0 saturated heterocycles. The normalized spacial score (nSPS) is 29.6. The van der Waals surface area contributed by atoms with Gasteiger partial charge in [0, 0.05) is 18.5 Å². The van der Waals surface area contributed by atoms with Crippen LogP contribution in [0.25, 0.3) is 0 Å². The lowest BCUT2D eigenvalue weighted by Gasteiger charge is -2.47. The lowest BCUT2D eigenvalue weighted by atomic mass is 9.89. The Hall–Kier alpha value is 0.170. The number of nitrogens with two attached hydrogens (primary N) is 1. The summed E-state index contributed by atoms with van der Waals surface area (Å²) >= 11 is 6.14. The second-order valence-electron chi connectivity index (χ2n) is 5.37. The fraction of sp³-hybridized carbons (Fsp3) is 1.00. The van der Waals surface area contributed by atoms with E-state index in [0.717, 1.165) is 32.1 Å². The Bertz CT molecular complexity index is 223. The van der Waals surface area contributed by atoms with Crippen molar-refractivity contribution >= 4 is 11.6 Å². The van der Waals surface area contributed by atoms with Crippen LogP contribution in [0, 0.1) is 5.92 Å². The first-order valence-electron chi connectivity index (χ1n) is 6.71. The minimum absolute atomic E-state index is 0.331. The third kappa shape index (κ3) is 3.14. The number of hydrogen-bond acceptors (Lipinski definition) is 3. The Labute approximate surface area is 111 Å². The molecule has 0 aliphatic heterocycles. The topological polar surface area (TPSA) is 38.5 Å². The fourth-order valence-electron chi connectivity index (χ4n) is 3.00. The first-order valence-corrected chi connectivity index (χ1v) is 7.14. The van der Waals surface area contributed by atoms with Crippen molar-refractivity contribution < 1.29 is 4.74 Å². The van der Waals surface area contributed by atoms with Crippen molar-refractivity contribution in [3.8, 4) is 0 Å². The Morgan fingerprint density at radius 1 is 1.35 bits per heavy atom. The molecular weight excluding hydrogens is 236 g/mol. The van der Waals surface area contributed by atoms with Crippen LogP contribution in [0.15, 0.2) is 0 Å². The minimum Gasteiger partial charge on any atom is -0.362 e. The smallest absolute Gasteiger partial charge is 0.135 e. The van der Waals surface area contributed by atoms with E-state index in [-0.39, 0.29) is 5.72 Å². The highest BCUT2D eigenvalue weighted by Gasteiger charge is 2.41. The third-order valence-electron chi connectivity index (χ3n) is 4.22. The second-order valence-corrected chi connectivity index (χ2v) is 5.99. The molecule has 17 heavy (non-hydrogen) atoms. The minimum atomic E-state index is -0.343. The number of alkyl halides is 1. The summed E-state index contributed by atoms with van der Waals surface area (Å²) in [5.74, 6) is 6.73. The molecule has 1 rings (SSSR count). The lowest BCUT2D eigenvalue weighted by Crippen LogP contribution is -2.61. The highest BCUT2D eigenvalue weighted by atomic mass is 35.5. The number of halogens is 1. The monoisotopic (exact) mass is 262 g/mol. The zero-order valence-corrected chi connectivity index (χ0v) is 12.3. The standard InChI is InChI=1S/C13H27ClN2O/c1-5-13(17-4,10(2)3)16(15)12-8-6-11(14)7-9-12/h10-12H,5-9,15H2,1-4H3. The first-order chi connectivity index (χ1) is 7.97. The molecule has 1 aliphatic rings. The van der Waals surface area contributed by atoms with Gasteiger partial charge in [0.2, 0.25) is 0 Å². The van der Waals surface area contributed by atoms with E-state index >= 15 is 0 Å². The van der Waals surface area contributed by atoms with Gasteiger partial charge in [0.25, 0.3) is 0 Å². The highest BCUT2D eigenvalue weighted by Crippen LogP contribution is 2.34. The Morgan fingerprint density at radius 3 is 2.24 bits per heavy atom. The maximum absolute atomic E-state index is 6.36. The van der Waals surface area contributed by atoms with Gasteiger partial charge >= 0.3 is 0 Å². The van der Waals surface area contributed by atoms with Crippen molar-refractivity contribution in [2.24, 2.45) is 11.8 Å². The third-order valence-corrected chi connectivity index (χ3v) is 4.66. The summed E-state index contributed by atoms with van der Waals surface area (Å²) in [6, 6.07) is 0.396. The SMILES string of the molecule is CCC(OC)(C(C)C)N(N)C1CCC(Cl)CC1. The summed E-state index contributed by atoms with van der Waals surface area (Å²) in [7, 11) is 1.76. The van der Waals surface area contributed by atoms with E-state index < -0.39 is 0 Å². The van der Waals surface area contributed by atoms with E-state index in [9.17, 15) is 0 Å². The van der Waals surface area contributed by atoms with E-state index in [1.165, 1.54) is 0 Å². The van der Waals surface area contributed by atoms with Crippen molar-refractivity contribution in [3.63, 3.8) is 0 Å². The molecule has 0 aromatic carbocycles. The van der Waals surface area contributed by atoms with Crippen LogP contribution in [0.5, 0.6) is 0 Å². The van der Waals surface area contributed by atoms with Gasteiger partial charge in [-0.2, -0.15) is 0 Å². The van der Waals surface area contributed by atoms with Crippen molar-refractivity contribution in [1.82, 2.24) is 5.01 Å². The molecular formula is C13H27ClN2O. The molecule has 102 valence electrons. The molecule has 4 heteroatoms. The van der Waals surface area contributed by atoms with Crippen molar-refractivity contribution in [2.45, 2.75) is 70.0 Å². The van der Waals surface area contributed by atoms with E-state index in [4.69, 9.17) is 22.2 Å². The Balaban J connectivity index is 2.74. The fourth-order valence-corrected chi connectivity index (χ4v) is 3.25. The molecule has 3 nitrogen and oxygen atoms in total. The van der Waals surface area contributed by atoms with Crippen LogP contribution >= 0.6 is 11.6 Å². The molecule has 0 heterocycles. The summed E-state index contributed by atoms with van der Waals surface area (Å²) in [6.07, 6.45) is 5.16. The summed E-state index contributed by atoms with van der Waals surface area (Å²) in [6.45, 7) is 6.47. The van der Waals surface area contributed by atoms with Crippen molar-refractivity contribution in [2.75, 3.05) is 7.11 Å². The van der Waals surface area contributed by atoms with Crippen LogP contribution < -0.4 is 5.84 Å². The van der Waals surface area contributed by atoms with Gasteiger partial charge in [-0.1, -0.05) is 20.8 Å². The first kappa shape index (κ1) is 15.2. The van der Waals surface area contributed by atoms with Crippen LogP contribution in [0.4, 0.5) is 0 Å². The molecule has 1 unspecified atom stereocenters. The van der Waals surface area contributed by atoms with Crippen LogP contribution in [-0.2, 0) is 4.74 Å². The molecule has 1 saturated carbocycles. The van der Waals surface area contributed by atoms with Gasteiger partial charge in [-0.05, 0) is 38.0 Å². The summed E-state index contributed by atoms with van der Waals surface area (Å²) < 4.78 is 5.76. The maximum Gasteiger partial charge on any atom is 0.135 e. The number of rotatable bonds is 5. The Morgan fingerprint density at radius 2 is 1.88 bits per heavy atom. The van der Waals surface area contributed by atoms with E-state index in [1.807, 2.05) is 5.01 Å². The molecule has 0 spiro atoms. The zero-order chi connectivity index (χ0) is 13.1. The van der Waals surface area contributed by atoms with Gasteiger partial charge in [0.15, 0.2) is 0 Å². The van der Waals surface area contributed by atoms with Crippen molar-refractivity contribution in [1.29, 1.82) is 0 Å². The van der Waals surface area contributed by atoms with Gasteiger partial charge in [0.05, 0.1) is 0 Å². The zero-order valence-electron chi connectivity index (χ0n) is 11.6. The predicted molar refractivity (Wildman–Crippen MR) is 72.8 cm³/mol. The quantitative estimate of drug-likeness (QED) is 0.358. The second kappa shape index (κ2) is 6.37. The number of hydrazine groups is 1. The van der Waals surface area contributed by atoms with E-state index in [0.29, 0.717) is 17.3 Å².